The van der Waals surface area contributed by atoms with Crippen molar-refractivity contribution < 1.29 is 9.47 Å². The smallest absolute Gasteiger partial charge is 0.161 e. The molecule has 5 nitrogen and oxygen atoms in total. The van der Waals surface area contributed by atoms with E-state index in [1.807, 2.05) is 23.6 Å². The summed E-state index contributed by atoms with van der Waals surface area (Å²) in [6.07, 6.45) is 0. The molecular formula is C11H13N3O2S. The van der Waals surface area contributed by atoms with Crippen molar-refractivity contribution in [2.24, 2.45) is 5.73 Å². The highest BCUT2D eigenvalue weighted by atomic mass is 32.1. The van der Waals surface area contributed by atoms with Crippen LogP contribution in [0.15, 0.2) is 23.6 Å². The van der Waals surface area contributed by atoms with Gasteiger partial charge >= 0.3 is 0 Å². The molecule has 0 aliphatic carbocycles. The summed E-state index contributed by atoms with van der Waals surface area (Å²) in [5.41, 5.74) is 7.75. The standard InChI is InChI=1S/C11H13N3O2S/c1-15-9-4-3-7(5-10(9)16-2)11(12)8-6-17-14-13-8/h3-6,11H,12H2,1-2H3. The molecule has 0 spiro atoms. The fraction of sp³-hybridized carbons (Fsp3) is 0.273. The third-order valence-corrected chi connectivity index (χ3v) is 2.99. The number of nitrogens with zero attached hydrogens (tertiary/aromatic N) is 2. The third kappa shape index (κ3) is 2.37. The number of hydrogen-bond donors (Lipinski definition) is 1. The molecule has 2 aromatic rings. The number of ether oxygens (including phenoxy) is 2. The van der Waals surface area contributed by atoms with E-state index in [1.165, 1.54) is 11.5 Å². The van der Waals surface area contributed by atoms with E-state index in [0.29, 0.717) is 11.5 Å². The van der Waals surface area contributed by atoms with E-state index < -0.39 is 0 Å². The normalized spacial score (nSPS) is 12.2. The summed E-state index contributed by atoms with van der Waals surface area (Å²) in [7, 11) is 3.19. The molecule has 0 saturated heterocycles. The van der Waals surface area contributed by atoms with Gasteiger partial charge in [-0.3, -0.25) is 0 Å². The lowest BCUT2D eigenvalue weighted by Crippen LogP contribution is -2.12. The number of hydrogen-bond acceptors (Lipinski definition) is 6. The molecule has 0 bridgehead atoms. The van der Waals surface area contributed by atoms with E-state index >= 15 is 0 Å². The number of methoxy groups -OCH3 is 2. The molecule has 0 saturated carbocycles. The second-order valence-corrected chi connectivity index (χ2v) is 4.03. The van der Waals surface area contributed by atoms with Crippen LogP contribution < -0.4 is 15.2 Å². The van der Waals surface area contributed by atoms with Crippen molar-refractivity contribution in [3.05, 3.63) is 34.8 Å². The molecular weight excluding hydrogens is 238 g/mol. The number of rotatable bonds is 4. The minimum atomic E-state index is -0.298. The summed E-state index contributed by atoms with van der Waals surface area (Å²) in [6, 6.07) is 5.27. The van der Waals surface area contributed by atoms with Crippen molar-refractivity contribution in [1.82, 2.24) is 9.59 Å². The minimum Gasteiger partial charge on any atom is -0.493 e. The summed E-state index contributed by atoms with van der Waals surface area (Å²) in [6.45, 7) is 0. The molecule has 0 fully saturated rings. The lowest BCUT2D eigenvalue weighted by atomic mass is 10.1. The molecule has 2 N–H and O–H groups in total. The third-order valence-electron chi connectivity index (χ3n) is 2.46. The van der Waals surface area contributed by atoms with Crippen LogP contribution in [0.4, 0.5) is 0 Å². The average Bonchev–Trinajstić information content (AvgIpc) is 2.90. The minimum absolute atomic E-state index is 0.298. The first kappa shape index (κ1) is 11.8. The average molecular weight is 251 g/mol. The highest BCUT2D eigenvalue weighted by Crippen LogP contribution is 2.30. The Morgan fingerprint density at radius 2 is 2.00 bits per heavy atom. The highest BCUT2D eigenvalue weighted by molar-refractivity contribution is 7.03. The van der Waals surface area contributed by atoms with Gasteiger partial charge in [-0.05, 0) is 29.2 Å². The molecule has 0 aliphatic heterocycles. The van der Waals surface area contributed by atoms with E-state index in [0.717, 1.165) is 11.3 Å². The Bertz CT molecular complexity index is 487. The molecule has 0 radical (unpaired) electrons. The van der Waals surface area contributed by atoms with Crippen molar-refractivity contribution in [2.75, 3.05) is 14.2 Å². The first-order valence-corrected chi connectivity index (χ1v) is 5.84. The Morgan fingerprint density at radius 1 is 1.24 bits per heavy atom. The van der Waals surface area contributed by atoms with Gasteiger partial charge in [0.15, 0.2) is 11.5 Å². The molecule has 1 heterocycles. The van der Waals surface area contributed by atoms with Crippen LogP contribution in [0.5, 0.6) is 11.5 Å². The largest absolute Gasteiger partial charge is 0.493 e. The van der Waals surface area contributed by atoms with Crippen LogP contribution in [0.3, 0.4) is 0 Å². The van der Waals surface area contributed by atoms with Crippen molar-refractivity contribution >= 4 is 11.5 Å². The van der Waals surface area contributed by atoms with Gasteiger partial charge in [-0.25, -0.2) is 0 Å². The lowest BCUT2D eigenvalue weighted by Gasteiger charge is -2.12. The molecule has 90 valence electrons. The van der Waals surface area contributed by atoms with Crippen molar-refractivity contribution in [3.8, 4) is 11.5 Å². The predicted octanol–water partition coefficient (Wildman–Crippen LogP) is 1.60. The summed E-state index contributed by atoms with van der Waals surface area (Å²) in [5, 5.41) is 5.80. The second-order valence-electron chi connectivity index (χ2n) is 3.42. The Hall–Kier alpha value is -1.66. The molecule has 1 atom stereocenters. The lowest BCUT2D eigenvalue weighted by molar-refractivity contribution is 0.354. The Labute approximate surface area is 103 Å². The topological polar surface area (TPSA) is 70.3 Å². The van der Waals surface area contributed by atoms with Gasteiger partial charge in [0.1, 0.15) is 0 Å². The van der Waals surface area contributed by atoms with Crippen molar-refractivity contribution in [1.29, 1.82) is 0 Å². The maximum absolute atomic E-state index is 6.08. The quantitative estimate of drug-likeness (QED) is 0.893. The van der Waals surface area contributed by atoms with Crippen LogP contribution in [0, 0.1) is 0 Å². The van der Waals surface area contributed by atoms with Gasteiger partial charge < -0.3 is 15.2 Å². The van der Waals surface area contributed by atoms with Crippen LogP contribution in [0.2, 0.25) is 0 Å². The molecule has 2 rings (SSSR count). The zero-order valence-corrected chi connectivity index (χ0v) is 10.4. The van der Waals surface area contributed by atoms with E-state index in [1.54, 1.807) is 14.2 Å². The Morgan fingerprint density at radius 3 is 2.59 bits per heavy atom. The molecule has 0 amide bonds. The van der Waals surface area contributed by atoms with Crippen LogP contribution >= 0.6 is 11.5 Å². The van der Waals surface area contributed by atoms with Gasteiger partial charge in [-0.15, -0.1) is 5.10 Å². The molecule has 1 unspecified atom stereocenters. The zero-order valence-electron chi connectivity index (χ0n) is 9.58. The number of aromatic nitrogens is 2. The molecule has 0 aliphatic rings. The Kier molecular flexibility index (Phi) is 3.55. The summed E-state index contributed by atoms with van der Waals surface area (Å²) in [4.78, 5) is 0. The van der Waals surface area contributed by atoms with Crippen molar-refractivity contribution in [2.45, 2.75) is 6.04 Å². The van der Waals surface area contributed by atoms with Crippen LogP contribution in [-0.4, -0.2) is 23.8 Å². The molecule has 1 aromatic heterocycles. The van der Waals surface area contributed by atoms with E-state index in [2.05, 4.69) is 9.59 Å². The molecule has 1 aromatic carbocycles. The van der Waals surface area contributed by atoms with Crippen LogP contribution in [-0.2, 0) is 0 Å². The van der Waals surface area contributed by atoms with Gasteiger partial charge in [0, 0.05) is 5.38 Å². The fourth-order valence-corrected chi connectivity index (χ4v) is 2.01. The SMILES string of the molecule is COc1ccc(C(N)c2csnn2)cc1OC. The molecule has 6 heteroatoms. The maximum Gasteiger partial charge on any atom is 0.161 e. The molecule has 17 heavy (non-hydrogen) atoms. The maximum atomic E-state index is 6.08. The van der Waals surface area contributed by atoms with Gasteiger partial charge in [0.2, 0.25) is 0 Å². The second kappa shape index (κ2) is 5.11. The van der Waals surface area contributed by atoms with E-state index in [-0.39, 0.29) is 6.04 Å². The Balaban J connectivity index is 2.33. The number of benzene rings is 1. The first-order chi connectivity index (χ1) is 8.26. The van der Waals surface area contributed by atoms with Gasteiger partial charge in [-0.1, -0.05) is 10.6 Å². The van der Waals surface area contributed by atoms with Gasteiger partial charge in [0.25, 0.3) is 0 Å². The summed E-state index contributed by atoms with van der Waals surface area (Å²) >= 11 is 1.28. The summed E-state index contributed by atoms with van der Waals surface area (Å²) < 4.78 is 14.2. The highest BCUT2D eigenvalue weighted by Gasteiger charge is 2.14. The fourth-order valence-electron chi connectivity index (χ4n) is 1.52. The van der Waals surface area contributed by atoms with E-state index in [4.69, 9.17) is 15.2 Å². The first-order valence-electron chi connectivity index (χ1n) is 5.00. The summed E-state index contributed by atoms with van der Waals surface area (Å²) in [5.74, 6) is 1.34. The predicted molar refractivity (Wildman–Crippen MR) is 65.5 cm³/mol. The van der Waals surface area contributed by atoms with Gasteiger partial charge in [-0.2, -0.15) is 0 Å². The number of nitrogens with two attached hydrogens (primary N) is 1. The van der Waals surface area contributed by atoms with Gasteiger partial charge in [0.05, 0.1) is 26.0 Å². The van der Waals surface area contributed by atoms with Crippen LogP contribution in [0.1, 0.15) is 17.3 Å². The van der Waals surface area contributed by atoms with Crippen LogP contribution in [0.25, 0.3) is 0 Å². The van der Waals surface area contributed by atoms with E-state index in [9.17, 15) is 0 Å². The zero-order chi connectivity index (χ0) is 12.3. The van der Waals surface area contributed by atoms with Crippen molar-refractivity contribution in [3.63, 3.8) is 0 Å². The monoisotopic (exact) mass is 251 g/mol.